The van der Waals surface area contributed by atoms with Crippen LogP contribution in [0.4, 0.5) is 19.0 Å². The molecule has 3 N–H and O–H groups in total. The molecule has 2 aliphatic rings. The van der Waals surface area contributed by atoms with Crippen LogP contribution in [0.25, 0.3) is 0 Å². The number of nitrogens with two attached hydrogens (primary N) is 1. The number of ether oxygens (including phenoxy) is 1. The van der Waals surface area contributed by atoms with Crippen LogP contribution in [0.5, 0.6) is 0 Å². The third kappa shape index (κ3) is 2.82. The molecule has 3 rings (SSSR count). The van der Waals surface area contributed by atoms with Crippen molar-refractivity contribution in [2.24, 2.45) is 5.73 Å². The van der Waals surface area contributed by atoms with Crippen molar-refractivity contribution in [1.82, 2.24) is 4.98 Å². The van der Waals surface area contributed by atoms with E-state index < -0.39 is 11.9 Å². The predicted molar refractivity (Wildman–Crippen MR) is 75.0 cm³/mol. The number of halogens is 3. The van der Waals surface area contributed by atoms with E-state index in [1.54, 1.807) is 0 Å². The number of anilines is 1. The summed E-state index contributed by atoms with van der Waals surface area (Å²) < 4.78 is 44.0. The molecule has 2 bridgehead atoms. The van der Waals surface area contributed by atoms with Gasteiger partial charge >= 0.3 is 6.18 Å². The topological polar surface area (TPSA) is 60.2 Å². The summed E-state index contributed by atoms with van der Waals surface area (Å²) in [5, 5.41) is 3.03. The van der Waals surface area contributed by atoms with Crippen LogP contribution in [0.3, 0.4) is 0 Å². The second-order valence-corrected chi connectivity index (χ2v) is 5.75. The van der Waals surface area contributed by atoms with E-state index in [1.165, 1.54) is 6.07 Å². The highest BCUT2D eigenvalue weighted by molar-refractivity contribution is 7.80. The van der Waals surface area contributed by atoms with E-state index in [1.807, 2.05) is 0 Å². The van der Waals surface area contributed by atoms with Crippen molar-refractivity contribution in [1.29, 1.82) is 0 Å². The minimum atomic E-state index is -4.50. The zero-order valence-electron chi connectivity index (χ0n) is 11.0. The first kappa shape index (κ1) is 14.5. The molecule has 0 amide bonds. The highest BCUT2D eigenvalue weighted by Gasteiger charge is 2.41. The highest BCUT2D eigenvalue weighted by Crippen LogP contribution is 2.37. The molecule has 1 aromatic rings. The van der Waals surface area contributed by atoms with Gasteiger partial charge in [-0.1, -0.05) is 12.2 Å². The molecule has 0 saturated carbocycles. The number of alkyl halides is 3. The lowest BCUT2D eigenvalue weighted by molar-refractivity contribution is -0.141. The smallest absolute Gasteiger partial charge is 0.389 e. The van der Waals surface area contributed by atoms with E-state index in [4.69, 9.17) is 22.7 Å². The average molecular weight is 317 g/mol. The lowest BCUT2D eigenvalue weighted by Crippen LogP contribution is -2.32. The van der Waals surface area contributed by atoms with Crippen LogP contribution in [-0.2, 0) is 10.9 Å². The van der Waals surface area contributed by atoms with Crippen LogP contribution in [0.15, 0.2) is 12.1 Å². The lowest BCUT2D eigenvalue weighted by atomic mass is 9.95. The molecule has 0 aliphatic carbocycles. The Balaban J connectivity index is 1.89. The fraction of sp³-hybridized carbons (Fsp3) is 0.538. The number of aromatic nitrogens is 1. The number of thiocarbonyl (C=S) groups is 1. The molecule has 0 radical (unpaired) electrons. The molecular weight excluding hydrogens is 303 g/mol. The van der Waals surface area contributed by atoms with Crippen LogP contribution in [0.1, 0.15) is 30.5 Å². The van der Waals surface area contributed by atoms with Gasteiger partial charge in [-0.3, -0.25) is 0 Å². The minimum absolute atomic E-state index is 0.0165. The van der Waals surface area contributed by atoms with Crippen molar-refractivity contribution in [3.05, 3.63) is 23.4 Å². The van der Waals surface area contributed by atoms with Crippen LogP contribution in [0.2, 0.25) is 0 Å². The maximum Gasteiger partial charge on any atom is 0.433 e. The van der Waals surface area contributed by atoms with E-state index in [0.717, 1.165) is 25.3 Å². The Bertz CT molecular complexity index is 578. The van der Waals surface area contributed by atoms with E-state index in [2.05, 4.69) is 10.3 Å². The Morgan fingerprint density at radius 3 is 2.67 bits per heavy atom. The van der Waals surface area contributed by atoms with E-state index in [9.17, 15) is 13.2 Å². The summed E-state index contributed by atoms with van der Waals surface area (Å²) in [7, 11) is 0. The fourth-order valence-corrected chi connectivity index (χ4v) is 3.06. The molecule has 1 aromatic heterocycles. The second-order valence-electron chi connectivity index (χ2n) is 5.32. The third-order valence-electron chi connectivity index (χ3n) is 3.88. The molecule has 3 heterocycles. The summed E-state index contributed by atoms with van der Waals surface area (Å²) in [6.07, 6.45) is -1.63. The van der Waals surface area contributed by atoms with Crippen LogP contribution in [-0.4, -0.2) is 28.2 Å². The van der Waals surface area contributed by atoms with Gasteiger partial charge in [0, 0.05) is 0 Å². The molecule has 0 aromatic carbocycles. The van der Waals surface area contributed by atoms with E-state index in [0.29, 0.717) is 5.56 Å². The van der Waals surface area contributed by atoms with Crippen molar-refractivity contribution < 1.29 is 17.9 Å². The molecule has 3 atom stereocenters. The molecule has 21 heavy (non-hydrogen) atoms. The molecule has 2 fully saturated rings. The average Bonchev–Trinajstić information content (AvgIpc) is 2.99. The van der Waals surface area contributed by atoms with Gasteiger partial charge in [0.15, 0.2) is 0 Å². The summed E-state index contributed by atoms with van der Waals surface area (Å²) in [4.78, 5) is 3.67. The SMILES string of the molecule is NC(=S)c1ccc(C(F)(F)F)nc1NC1CC2CCC1O2. The maximum absolute atomic E-state index is 12.8. The molecule has 0 spiro atoms. The Morgan fingerprint density at radius 2 is 2.14 bits per heavy atom. The molecular formula is C13H14F3N3OS. The first-order chi connectivity index (χ1) is 9.84. The van der Waals surface area contributed by atoms with Crippen LogP contribution in [0, 0.1) is 0 Å². The first-order valence-corrected chi connectivity index (χ1v) is 7.05. The van der Waals surface area contributed by atoms with Gasteiger partial charge in [-0.25, -0.2) is 4.98 Å². The summed E-state index contributed by atoms with van der Waals surface area (Å²) in [6, 6.07) is 2.10. The molecule has 2 aliphatic heterocycles. The lowest BCUT2D eigenvalue weighted by Gasteiger charge is -2.22. The Morgan fingerprint density at radius 1 is 1.38 bits per heavy atom. The molecule has 2 saturated heterocycles. The number of hydrogen-bond acceptors (Lipinski definition) is 4. The Kier molecular flexibility index (Phi) is 3.53. The van der Waals surface area contributed by atoms with Crippen LogP contribution < -0.4 is 11.1 Å². The highest BCUT2D eigenvalue weighted by atomic mass is 32.1. The number of fused-ring (bicyclic) bond motifs is 2. The van der Waals surface area contributed by atoms with Gasteiger partial charge < -0.3 is 15.8 Å². The van der Waals surface area contributed by atoms with Crippen molar-refractivity contribution in [3.63, 3.8) is 0 Å². The minimum Gasteiger partial charge on any atom is -0.389 e. The van der Waals surface area contributed by atoms with E-state index >= 15 is 0 Å². The Labute approximate surface area is 124 Å². The van der Waals surface area contributed by atoms with Crippen molar-refractivity contribution in [2.45, 2.75) is 43.7 Å². The molecule has 8 heteroatoms. The molecule has 3 unspecified atom stereocenters. The summed E-state index contributed by atoms with van der Waals surface area (Å²) in [5.74, 6) is 0.0819. The largest absolute Gasteiger partial charge is 0.433 e. The number of rotatable bonds is 3. The van der Waals surface area contributed by atoms with Crippen molar-refractivity contribution in [2.75, 3.05) is 5.32 Å². The van der Waals surface area contributed by atoms with Crippen LogP contribution >= 0.6 is 12.2 Å². The zero-order valence-corrected chi connectivity index (χ0v) is 11.8. The van der Waals surface area contributed by atoms with Crippen molar-refractivity contribution in [3.8, 4) is 0 Å². The van der Waals surface area contributed by atoms with Gasteiger partial charge in [-0.2, -0.15) is 13.2 Å². The van der Waals surface area contributed by atoms with Crippen molar-refractivity contribution >= 4 is 23.0 Å². The van der Waals surface area contributed by atoms with Gasteiger partial charge in [-0.15, -0.1) is 0 Å². The standard InChI is InChI=1S/C13H14F3N3OS/c14-13(15,16)10-4-2-7(11(17)21)12(19-10)18-8-5-6-1-3-9(8)20-6/h2,4,6,8-9H,1,3,5H2,(H2,17,21)(H,18,19). The first-order valence-electron chi connectivity index (χ1n) is 6.64. The number of nitrogens with one attached hydrogen (secondary N) is 1. The zero-order chi connectivity index (χ0) is 15.2. The quantitative estimate of drug-likeness (QED) is 0.839. The predicted octanol–water partition coefficient (Wildman–Crippen LogP) is 2.47. The Hall–Kier alpha value is -1.41. The molecule has 114 valence electrons. The van der Waals surface area contributed by atoms with Gasteiger partial charge in [-0.05, 0) is 31.4 Å². The van der Waals surface area contributed by atoms with Gasteiger partial charge in [0.2, 0.25) is 0 Å². The van der Waals surface area contributed by atoms with Gasteiger partial charge in [0.05, 0.1) is 23.8 Å². The van der Waals surface area contributed by atoms with Gasteiger partial charge in [0.25, 0.3) is 0 Å². The summed E-state index contributed by atoms with van der Waals surface area (Å²) >= 11 is 4.88. The maximum atomic E-state index is 12.8. The number of nitrogens with zero attached hydrogens (tertiary/aromatic N) is 1. The molecule has 4 nitrogen and oxygen atoms in total. The van der Waals surface area contributed by atoms with Gasteiger partial charge in [0.1, 0.15) is 16.5 Å². The van der Waals surface area contributed by atoms with E-state index in [-0.39, 0.29) is 29.1 Å². The number of pyridine rings is 1. The normalized spacial score (nSPS) is 27.9. The number of hydrogen-bond donors (Lipinski definition) is 2. The summed E-state index contributed by atoms with van der Waals surface area (Å²) in [6.45, 7) is 0. The second kappa shape index (κ2) is 5.10. The third-order valence-corrected chi connectivity index (χ3v) is 4.10. The monoisotopic (exact) mass is 317 g/mol. The summed E-state index contributed by atoms with van der Waals surface area (Å²) in [5.41, 5.74) is 4.92. The fourth-order valence-electron chi connectivity index (χ4n) is 2.89.